The molecule has 0 aromatic heterocycles. The van der Waals surface area contributed by atoms with Gasteiger partial charge in [-0.15, -0.1) is 0 Å². The van der Waals surface area contributed by atoms with Gasteiger partial charge in [-0.05, 0) is 70.6 Å². The minimum absolute atomic E-state index is 0.0428. The van der Waals surface area contributed by atoms with Gasteiger partial charge in [-0.2, -0.15) is 0 Å². The van der Waals surface area contributed by atoms with Crippen molar-refractivity contribution in [2.45, 2.75) is 11.5 Å². The van der Waals surface area contributed by atoms with Crippen LogP contribution in [0.5, 0.6) is 0 Å². The van der Waals surface area contributed by atoms with Gasteiger partial charge in [0.05, 0.1) is 15.6 Å². The number of carbonyl (C=O) groups is 1. The van der Waals surface area contributed by atoms with Gasteiger partial charge in [-0.25, -0.2) is 13.2 Å². The number of amides is 1. The summed E-state index contributed by atoms with van der Waals surface area (Å²) in [5, 5.41) is 2.67. The molecule has 0 radical (unpaired) electrons. The SMILES string of the molecule is O=C(Nc1cc(S(=O)(=O)Nc2ccc(I)cc2)ccc1Cl)OCc1ccccc1. The number of hydrogen-bond donors (Lipinski definition) is 2. The number of nitrogens with one attached hydrogen (secondary N) is 2. The lowest BCUT2D eigenvalue weighted by molar-refractivity contribution is 0.155. The van der Waals surface area contributed by atoms with Crippen molar-refractivity contribution >= 4 is 61.7 Å². The van der Waals surface area contributed by atoms with Gasteiger partial charge in [0, 0.05) is 9.26 Å². The van der Waals surface area contributed by atoms with Crippen LogP contribution in [0.3, 0.4) is 0 Å². The fourth-order valence-electron chi connectivity index (χ4n) is 2.37. The Balaban J connectivity index is 1.71. The summed E-state index contributed by atoms with van der Waals surface area (Å²) in [6.45, 7) is 0.0800. The zero-order chi connectivity index (χ0) is 20.9. The van der Waals surface area contributed by atoms with E-state index in [-0.39, 0.29) is 22.2 Å². The van der Waals surface area contributed by atoms with Gasteiger partial charge < -0.3 is 4.74 Å². The summed E-state index contributed by atoms with van der Waals surface area (Å²) in [5.74, 6) is 0. The standard InChI is InChI=1S/C20H16ClIN2O4S/c21-18-11-10-17(29(26,27)24-16-8-6-15(22)7-9-16)12-19(18)23-20(25)28-13-14-4-2-1-3-5-14/h1-12,24H,13H2,(H,23,25). The molecule has 0 bridgehead atoms. The Bertz CT molecular complexity index is 1110. The molecule has 6 nitrogen and oxygen atoms in total. The minimum atomic E-state index is -3.86. The van der Waals surface area contributed by atoms with Gasteiger partial charge >= 0.3 is 6.09 Å². The van der Waals surface area contributed by atoms with Crippen molar-refractivity contribution in [2.24, 2.45) is 0 Å². The highest BCUT2D eigenvalue weighted by atomic mass is 127. The molecule has 0 saturated heterocycles. The predicted octanol–water partition coefficient (Wildman–Crippen LogP) is 5.49. The number of halogens is 2. The number of sulfonamides is 1. The Morgan fingerprint density at radius 1 is 1.00 bits per heavy atom. The Morgan fingerprint density at radius 3 is 2.38 bits per heavy atom. The zero-order valence-corrected chi connectivity index (χ0v) is 18.7. The predicted molar refractivity (Wildman–Crippen MR) is 122 cm³/mol. The molecule has 0 spiro atoms. The van der Waals surface area contributed by atoms with Crippen molar-refractivity contribution in [1.82, 2.24) is 0 Å². The largest absolute Gasteiger partial charge is 0.444 e. The number of hydrogen-bond acceptors (Lipinski definition) is 4. The van der Waals surface area contributed by atoms with E-state index in [0.29, 0.717) is 5.69 Å². The second-order valence-electron chi connectivity index (χ2n) is 5.94. The van der Waals surface area contributed by atoms with Gasteiger partial charge in [-0.1, -0.05) is 41.9 Å². The maximum absolute atomic E-state index is 12.6. The Morgan fingerprint density at radius 2 is 1.69 bits per heavy atom. The van der Waals surface area contributed by atoms with Crippen LogP contribution in [0.1, 0.15) is 5.56 Å². The van der Waals surface area contributed by atoms with Crippen molar-refractivity contribution in [3.8, 4) is 0 Å². The highest BCUT2D eigenvalue weighted by Gasteiger charge is 2.17. The van der Waals surface area contributed by atoms with Gasteiger partial charge in [0.15, 0.2) is 0 Å². The van der Waals surface area contributed by atoms with Crippen molar-refractivity contribution in [3.63, 3.8) is 0 Å². The highest BCUT2D eigenvalue weighted by Crippen LogP contribution is 2.27. The summed E-state index contributed by atoms with van der Waals surface area (Å²) in [6.07, 6.45) is -0.740. The van der Waals surface area contributed by atoms with Crippen LogP contribution in [0.15, 0.2) is 77.7 Å². The summed E-state index contributed by atoms with van der Waals surface area (Å²) in [6, 6.07) is 20.1. The summed E-state index contributed by atoms with van der Waals surface area (Å²) >= 11 is 8.23. The van der Waals surface area contributed by atoms with Crippen LogP contribution < -0.4 is 10.0 Å². The third-order valence-electron chi connectivity index (χ3n) is 3.79. The molecule has 0 unspecified atom stereocenters. The fourth-order valence-corrected chi connectivity index (χ4v) is 3.98. The molecular weight excluding hydrogens is 527 g/mol. The van der Waals surface area contributed by atoms with Crippen LogP contribution >= 0.6 is 34.2 Å². The van der Waals surface area contributed by atoms with Gasteiger partial charge in [0.25, 0.3) is 10.0 Å². The lowest BCUT2D eigenvalue weighted by Gasteiger charge is -2.12. The normalized spacial score (nSPS) is 11.0. The molecule has 0 fully saturated rings. The molecule has 2 N–H and O–H groups in total. The van der Waals surface area contributed by atoms with Crippen molar-refractivity contribution in [2.75, 3.05) is 10.0 Å². The monoisotopic (exact) mass is 542 g/mol. The van der Waals surface area contributed by atoms with E-state index in [1.807, 2.05) is 30.3 Å². The van der Waals surface area contributed by atoms with E-state index >= 15 is 0 Å². The number of benzene rings is 3. The Kier molecular flexibility index (Phi) is 6.99. The molecule has 3 aromatic carbocycles. The molecule has 0 heterocycles. The summed E-state index contributed by atoms with van der Waals surface area (Å²) in [7, 11) is -3.86. The van der Waals surface area contributed by atoms with Crippen molar-refractivity contribution < 1.29 is 17.9 Å². The first-order valence-corrected chi connectivity index (χ1v) is 11.3. The van der Waals surface area contributed by atoms with Crippen molar-refractivity contribution in [1.29, 1.82) is 0 Å². The molecule has 3 aromatic rings. The molecule has 29 heavy (non-hydrogen) atoms. The molecule has 0 aliphatic rings. The van der Waals surface area contributed by atoms with Crippen molar-refractivity contribution in [3.05, 3.63) is 87.0 Å². The first-order chi connectivity index (χ1) is 13.8. The molecule has 0 atom stereocenters. The minimum Gasteiger partial charge on any atom is -0.444 e. The zero-order valence-electron chi connectivity index (χ0n) is 14.9. The second kappa shape index (κ2) is 9.47. The Labute approximate surface area is 187 Å². The van der Waals surface area contributed by atoms with Gasteiger partial charge in [-0.3, -0.25) is 10.0 Å². The number of ether oxygens (including phenoxy) is 1. The number of carbonyl (C=O) groups excluding carboxylic acids is 1. The molecule has 3 rings (SSSR count). The fraction of sp³-hybridized carbons (Fsp3) is 0.0500. The maximum Gasteiger partial charge on any atom is 0.412 e. The summed E-state index contributed by atoms with van der Waals surface area (Å²) in [4.78, 5) is 12.0. The Hall–Kier alpha value is -2.30. The smallest absolute Gasteiger partial charge is 0.412 e. The average molecular weight is 543 g/mol. The van der Waals surface area contributed by atoms with Gasteiger partial charge in [0.1, 0.15) is 6.61 Å². The van der Waals surface area contributed by atoms with E-state index < -0.39 is 16.1 Å². The second-order valence-corrected chi connectivity index (χ2v) is 9.28. The molecule has 0 aliphatic heterocycles. The lowest BCUT2D eigenvalue weighted by atomic mass is 10.2. The number of anilines is 2. The maximum atomic E-state index is 12.6. The van der Waals surface area contributed by atoms with E-state index in [9.17, 15) is 13.2 Å². The topological polar surface area (TPSA) is 84.5 Å². The number of rotatable bonds is 6. The molecule has 150 valence electrons. The molecule has 0 aliphatic carbocycles. The van der Waals surface area contributed by atoms with E-state index in [1.54, 1.807) is 24.3 Å². The molecule has 1 amide bonds. The van der Waals surface area contributed by atoms with E-state index in [2.05, 4.69) is 32.6 Å². The average Bonchev–Trinajstić information content (AvgIpc) is 2.70. The molecule has 0 saturated carbocycles. The van der Waals surface area contributed by atoms with Crippen LogP contribution in [-0.2, 0) is 21.4 Å². The summed E-state index contributed by atoms with van der Waals surface area (Å²) < 4.78 is 33.9. The van der Waals surface area contributed by atoms with E-state index in [4.69, 9.17) is 16.3 Å². The van der Waals surface area contributed by atoms with Crippen LogP contribution in [0.2, 0.25) is 5.02 Å². The highest BCUT2D eigenvalue weighted by molar-refractivity contribution is 14.1. The molecule has 9 heteroatoms. The lowest BCUT2D eigenvalue weighted by Crippen LogP contribution is -2.16. The van der Waals surface area contributed by atoms with E-state index in [0.717, 1.165) is 9.13 Å². The van der Waals surface area contributed by atoms with Gasteiger partial charge in [0.2, 0.25) is 0 Å². The quantitative estimate of drug-likeness (QED) is 0.403. The first-order valence-electron chi connectivity index (χ1n) is 8.39. The van der Waals surface area contributed by atoms with Crippen LogP contribution in [0.4, 0.5) is 16.2 Å². The van der Waals surface area contributed by atoms with E-state index in [1.165, 1.54) is 18.2 Å². The third-order valence-corrected chi connectivity index (χ3v) is 6.22. The van der Waals surface area contributed by atoms with Crippen LogP contribution in [0.25, 0.3) is 0 Å². The van der Waals surface area contributed by atoms with Crippen LogP contribution in [-0.4, -0.2) is 14.5 Å². The van der Waals surface area contributed by atoms with Crippen LogP contribution in [0, 0.1) is 3.57 Å². The third kappa shape index (κ3) is 6.09. The first kappa shape index (κ1) is 21.4. The molecular formula is C20H16ClIN2O4S. The summed E-state index contributed by atoms with van der Waals surface area (Å²) in [5.41, 5.74) is 1.39.